The van der Waals surface area contributed by atoms with Crippen LogP contribution in [0.15, 0.2) is 24.3 Å². The molecule has 1 aliphatic heterocycles. The molecule has 0 bridgehead atoms. The van der Waals surface area contributed by atoms with Gasteiger partial charge in [-0.05, 0) is 53.6 Å². The molecule has 1 aromatic carbocycles. The third kappa shape index (κ3) is 3.46. The molecule has 0 radical (unpaired) electrons. The maximum Gasteiger partial charge on any atom is 0.308 e. The van der Waals surface area contributed by atoms with E-state index in [2.05, 4.69) is 22.6 Å². The van der Waals surface area contributed by atoms with Crippen molar-refractivity contribution in [3.05, 3.63) is 33.4 Å². The van der Waals surface area contributed by atoms with E-state index in [1.165, 1.54) is 7.11 Å². The Hall–Kier alpha value is -1.11. The monoisotopic (exact) mass is 373 g/mol. The molecule has 1 amide bonds. The van der Waals surface area contributed by atoms with Crippen molar-refractivity contribution in [3.8, 4) is 0 Å². The van der Waals surface area contributed by atoms with Gasteiger partial charge in [-0.2, -0.15) is 0 Å². The zero-order chi connectivity index (χ0) is 13.8. The van der Waals surface area contributed by atoms with Crippen molar-refractivity contribution >= 4 is 34.5 Å². The third-order valence-corrected chi connectivity index (χ3v) is 4.06. The van der Waals surface area contributed by atoms with Gasteiger partial charge in [-0.15, -0.1) is 0 Å². The SMILES string of the molecule is COC(=O)C1CCN(C(=O)c2cccc(I)c2)CC1. The Morgan fingerprint density at radius 2 is 2.00 bits per heavy atom. The van der Waals surface area contributed by atoms with E-state index in [9.17, 15) is 9.59 Å². The molecule has 0 aromatic heterocycles. The fraction of sp³-hybridized carbons (Fsp3) is 0.429. The molecular formula is C14H16INO3. The predicted octanol–water partition coefficient (Wildman–Crippen LogP) is 2.32. The molecule has 0 spiro atoms. The second-order valence-corrected chi connectivity index (χ2v) is 5.85. The second-order valence-electron chi connectivity index (χ2n) is 4.60. The number of hydrogen-bond donors (Lipinski definition) is 0. The van der Waals surface area contributed by atoms with Crippen LogP contribution in [0, 0.1) is 9.49 Å². The van der Waals surface area contributed by atoms with Crippen LogP contribution in [0.3, 0.4) is 0 Å². The highest BCUT2D eigenvalue weighted by atomic mass is 127. The number of methoxy groups -OCH3 is 1. The summed E-state index contributed by atoms with van der Waals surface area (Å²) in [7, 11) is 1.41. The fourth-order valence-corrected chi connectivity index (χ4v) is 2.83. The minimum absolute atomic E-state index is 0.0434. The van der Waals surface area contributed by atoms with Gasteiger partial charge in [-0.3, -0.25) is 9.59 Å². The van der Waals surface area contributed by atoms with E-state index in [0.717, 1.165) is 3.57 Å². The zero-order valence-electron chi connectivity index (χ0n) is 10.8. The molecule has 0 aliphatic carbocycles. The number of carbonyl (C=O) groups excluding carboxylic acids is 2. The summed E-state index contributed by atoms with van der Waals surface area (Å²) in [5.41, 5.74) is 0.711. The zero-order valence-corrected chi connectivity index (χ0v) is 12.9. The number of nitrogens with zero attached hydrogens (tertiary/aromatic N) is 1. The molecule has 1 fully saturated rings. The Labute approximate surface area is 126 Å². The molecular weight excluding hydrogens is 357 g/mol. The van der Waals surface area contributed by atoms with Crippen molar-refractivity contribution in [1.82, 2.24) is 4.90 Å². The summed E-state index contributed by atoms with van der Waals surface area (Å²) in [6.07, 6.45) is 1.37. The van der Waals surface area contributed by atoms with Crippen LogP contribution in [0.2, 0.25) is 0 Å². The molecule has 0 N–H and O–H groups in total. The van der Waals surface area contributed by atoms with Crippen LogP contribution in [0.4, 0.5) is 0 Å². The second kappa shape index (κ2) is 6.36. The largest absolute Gasteiger partial charge is 0.469 e. The number of amides is 1. The third-order valence-electron chi connectivity index (χ3n) is 3.39. The summed E-state index contributed by atoms with van der Waals surface area (Å²) in [4.78, 5) is 25.5. The van der Waals surface area contributed by atoms with Gasteiger partial charge >= 0.3 is 5.97 Å². The normalized spacial score (nSPS) is 16.2. The number of ether oxygens (including phenoxy) is 1. The number of benzene rings is 1. The van der Waals surface area contributed by atoms with Crippen LogP contribution in [0.1, 0.15) is 23.2 Å². The van der Waals surface area contributed by atoms with E-state index in [-0.39, 0.29) is 17.8 Å². The average Bonchev–Trinajstić information content (AvgIpc) is 2.46. The Morgan fingerprint density at radius 3 is 2.58 bits per heavy atom. The van der Waals surface area contributed by atoms with Gasteiger partial charge in [0.15, 0.2) is 0 Å². The Bertz CT molecular complexity index is 481. The van der Waals surface area contributed by atoms with E-state index >= 15 is 0 Å². The van der Waals surface area contributed by atoms with Gasteiger partial charge in [0.05, 0.1) is 13.0 Å². The number of rotatable bonds is 2. The molecule has 0 saturated carbocycles. The summed E-state index contributed by atoms with van der Waals surface area (Å²) in [6, 6.07) is 7.56. The van der Waals surface area contributed by atoms with Gasteiger partial charge in [-0.1, -0.05) is 6.07 Å². The highest BCUT2D eigenvalue weighted by molar-refractivity contribution is 14.1. The van der Waals surface area contributed by atoms with Gasteiger partial charge in [0, 0.05) is 22.2 Å². The van der Waals surface area contributed by atoms with E-state index in [4.69, 9.17) is 4.74 Å². The molecule has 2 rings (SSSR count). The van der Waals surface area contributed by atoms with E-state index in [1.807, 2.05) is 29.2 Å². The van der Waals surface area contributed by atoms with Crippen LogP contribution < -0.4 is 0 Å². The first kappa shape index (κ1) is 14.3. The van der Waals surface area contributed by atoms with E-state index in [0.29, 0.717) is 31.5 Å². The highest BCUT2D eigenvalue weighted by Gasteiger charge is 2.28. The first-order valence-electron chi connectivity index (χ1n) is 6.24. The standard InChI is InChI=1S/C14H16INO3/c1-19-14(18)10-5-7-16(8-6-10)13(17)11-3-2-4-12(15)9-11/h2-4,9-10H,5-8H2,1H3. The maximum atomic E-state index is 12.3. The van der Waals surface area contributed by atoms with Gasteiger partial charge < -0.3 is 9.64 Å². The first-order chi connectivity index (χ1) is 9.11. The van der Waals surface area contributed by atoms with Crippen LogP contribution in [0.5, 0.6) is 0 Å². The number of halogens is 1. The predicted molar refractivity (Wildman–Crippen MR) is 79.8 cm³/mol. The number of piperidine rings is 1. The van der Waals surface area contributed by atoms with Crippen molar-refractivity contribution < 1.29 is 14.3 Å². The summed E-state index contributed by atoms with van der Waals surface area (Å²) >= 11 is 2.19. The quantitative estimate of drug-likeness (QED) is 0.591. The number of likely N-dealkylation sites (tertiary alicyclic amines) is 1. The first-order valence-corrected chi connectivity index (χ1v) is 7.32. The van der Waals surface area contributed by atoms with Crippen molar-refractivity contribution in [2.45, 2.75) is 12.8 Å². The van der Waals surface area contributed by atoms with Gasteiger partial charge in [0.1, 0.15) is 0 Å². The summed E-state index contributed by atoms with van der Waals surface area (Å²) in [5, 5.41) is 0. The Morgan fingerprint density at radius 1 is 1.32 bits per heavy atom. The lowest BCUT2D eigenvalue weighted by Gasteiger charge is -2.30. The van der Waals surface area contributed by atoms with Crippen LogP contribution in [0.25, 0.3) is 0 Å². The molecule has 1 aromatic rings. The summed E-state index contributed by atoms with van der Waals surface area (Å²) < 4.78 is 5.79. The van der Waals surface area contributed by atoms with Crippen LogP contribution >= 0.6 is 22.6 Å². The number of hydrogen-bond acceptors (Lipinski definition) is 3. The summed E-state index contributed by atoms with van der Waals surface area (Å²) in [6.45, 7) is 1.23. The summed E-state index contributed by atoms with van der Waals surface area (Å²) in [5.74, 6) is -0.187. The maximum absolute atomic E-state index is 12.3. The fourth-order valence-electron chi connectivity index (χ4n) is 2.29. The van der Waals surface area contributed by atoms with E-state index in [1.54, 1.807) is 0 Å². The van der Waals surface area contributed by atoms with Crippen molar-refractivity contribution in [2.24, 2.45) is 5.92 Å². The average molecular weight is 373 g/mol. The van der Waals surface area contributed by atoms with Gasteiger partial charge in [0.25, 0.3) is 5.91 Å². The molecule has 19 heavy (non-hydrogen) atoms. The number of carbonyl (C=O) groups is 2. The number of esters is 1. The lowest BCUT2D eigenvalue weighted by Crippen LogP contribution is -2.40. The van der Waals surface area contributed by atoms with Crippen LogP contribution in [-0.2, 0) is 9.53 Å². The molecule has 5 heteroatoms. The molecule has 4 nitrogen and oxygen atoms in total. The highest BCUT2D eigenvalue weighted by Crippen LogP contribution is 2.20. The minimum Gasteiger partial charge on any atom is -0.469 e. The topological polar surface area (TPSA) is 46.6 Å². The van der Waals surface area contributed by atoms with Gasteiger partial charge in [0.2, 0.25) is 0 Å². The molecule has 1 heterocycles. The minimum atomic E-state index is -0.165. The van der Waals surface area contributed by atoms with Crippen molar-refractivity contribution in [2.75, 3.05) is 20.2 Å². The van der Waals surface area contributed by atoms with Crippen molar-refractivity contribution in [3.63, 3.8) is 0 Å². The molecule has 0 unspecified atom stereocenters. The van der Waals surface area contributed by atoms with E-state index < -0.39 is 0 Å². The molecule has 0 atom stereocenters. The van der Waals surface area contributed by atoms with Crippen LogP contribution in [-0.4, -0.2) is 37.0 Å². The van der Waals surface area contributed by atoms with Crippen molar-refractivity contribution in [1.29, 1.82) is 0 Å². The lowest BCUT2D eigenvalue weighted by atomic mass is 9.96. The smallest absolute Gasteiger partial charge is 0.308 e. The molecule has 1 saturated heterocycles. The lowest BCUT2D eigenvalue weighted by molar-refractivity contribution is -0.146. The molecule has 1 aliphatic rings. The van der Waals surface area contributed by atoms with Gasteiger partial charge in [-0.25, -0.2) is 0 Å². The Balaban J connectivity index is 1.98. The molecule has 102 valence electrons. The Kier molecular flexibility index (Phi) is 4.79.